The average molecular weight is 514 g/mol. The van der Waals surface area contributed by atoms with Gasteiger partial charge in [-0.25, -0.2) is 0 Å². The summed E-state index contributed by atoms with van der Waals surface area (Å²) in [5.41, 5.74) is 6.45. The first-order valence-electron chi connectivity index (χ1n) is 7.43. The Morgan fingerprint density at radius 2 is 0.810 bits per heavy atom. The predicted molar refractivity (Wildman–Crippen MR) is 82.3 cm³/mol. The third-order valence-corrected chi connectivity index (χ3v) is 5.92. The quantitative estimate of drug-likeness (QED) is 0.367. The molecule has 0 spiro atoms. The van der Waals surface area contributed by atoms with Crippen LogP contribution in [0.2, 0.25) is 0 Å². The van der Waals surface area contributed by atoms with Gasteiger partial charge in [0.05, 0.1) is 0 Å². The van der Waals surface area contributed by atoms with Crippen molar-refractivity contribution in [1.29, 1.82) is 0 Å². The van der Waals surface area contributed by atoms with E-state index in [2.05, 4.69) is 55.4 Å². The molecule has 0 aromatic carbocycles. The Hall–Kier alpha value is 2.79. The van der Waals surface area contributed by atoms with Crippen molar-refractivity contribution >= 4 is 0 Å². The van der Waals surface area contributed by atoms with Gasteiger partial charge in [-0.2, -0.15) is 6.92 Å². The monoisotopic (exact) mass is 514 g/mol. The van der Waals surface area contributed by atoms with E-state index >= 15 is 0 Å². The second kappa shape index (κ2) is 12.2. The second-order valence-corrected chi connectivity index (χ2v) is 6.24. The van der Waals surface area contributed by atoms with E-state index in [1.54, 1.807) is 29.2 Å². The Morgan fingerprint density at radius 1 is 0.571 bits per heavy atom. The van der Waals surface area contributed by atoms with Crippen LogP contribution in [0.15, 0.2) is 22.3 Å². The van der Waals surface area contributed by atoms with Crippen LogP contribution >= 0.6 is 0 Å². The van der Waals surface area contributed by atoms with E-state index in [0.29, 0.717) is 0 Å². The zero-order chi connectivity index (χ0) is 14.2. The first kappa shape index (κ1) is 28.6. The van der Waals surface area contributed by atoms with Gasteiger partial charge in [-0.3, -0.25) is 0 Å². The SMILES string of the molecule is CC1=C(C)C2C(C)C(C)C(C)C2C(C)=C1C.[CH2-]C.[Y].[Y].[Y]. The molecule has 3 radical (unpaired) electrons. The summed E-state index contributed by atoms with van der Waals surface area (Å²) < 4.78 is 0. The van der Waals surface area contributed by atoms with Gasteiger partial charge in [0, 0.05) is 98.1 Å². The number of rotatable bonds is 0. The van der Waals surface area contributed by atoms with E-state index in [0.717, 1.165) is 29.6 Å². The van der Waals surface area contributed by atoms with Crippen molar-refractivity contribution in [2.75, 3.05) is 0 Å². The molecule has 1 saturated carbocycles. The Labute approximate surface area is 209 Å². The molecule has 0 aliphatic heterocycles. The van der Waals surface area contributed by atoms with Crippen LogP contribution in [0.25, 0.3) is 0 Å². The van der Waals surface area contributed by atoms with Crippen LogP contribution in [0.3, 0.4) is 0 Å². The van der Waals surface area contributed by atoms with Gasteiger partial charge in [0.1, 0.15) is 0 Å². The van der Waals surface area contributed by atoms with Gasteiger partial charge in [0.15, 0.2) is 0 Å². The summed E-state index contributed by atoms with van der Waals surface area (Å²) in [7, 11) is 0. The summed E-state index contributed by atoms with van der Waals surface area (Å²) in [6, 6.07) is 0. The maximum absolute atomic E-state index is 3.25. The predicted octanol–water partition coefficient (Wildman–Crippen LogP) is 5.66. The molecule has 0 nitrogen and oxygen atoms in total. The van der Waals surface area contributed by atoms with Gasteiger partial charge in [-0.1, -0.05) is 31.9 Å². The number of allylic oxidation sites excluding steroid dienone is 4. The zero-order valence-corrected chi connectivity index (χ0v) is 23.8. The molecular weight excluding hydrogens is 483 g/mol. The first-order chi connectivity index (χ1) is 8.37. The molecule has 0 heterocycles. The molecule has 0 aromatic rings. The third-order valence-electron chi connectivity index (χ3n) is 5.92. The van der Waals surface area contributed by atoms with E-state index in [4.69, 9.17) is 0 Å². The molecule has 3 heteroatoms. The van der Waals surface area contributed by atoms with Crippen molar-refractivity contribution in [2.45, 2.75) is 55.4 Å². The maximum Gasteiger partial charge on any atom is 0 e. The summed E-state index contributed by atoms with van der Waals surface area (Å²) in [5, 5.41) is 0. The zero-order valence-electron chi connectivity index (χ0n) is 15.3. The molecule has 2 aliphatic carbocycles. The minimum absolute atomic E-state index is 0. The van der Waals surface area contributed by atoms with Crippen molar-refractivity contribution in [3.05, 3.63) is 29.2 Å². The van der Waals surface area contributed by atoms with Crippen molar-refractivity contribution in [2.24, 2.45) is 29.6 Å². The fraction of sp³-hybridized carbons (Fsp3) is 0.722. The standard InChI is InChI=1S/C16H26.C2H5.3Y/c1-8-9(2)12(5)16-14(7)10(3)13(6)15(16)11(8)4;1-2;;;/h10,13-16H,1-7H3;1H2,2H3;;;/q;-1;;;. The van der Waals surface area contributed by atoms with Crippen LogP contribution in [-0.2, 0) is 98.1 Å². The molecule has 1 fully saturated rings. The van der Waals surface area contributed by atoms with E-state index in [9.17, 15) is 0 Å². The van der Waals surface area contributed by atoms with Gasteiger partial charge in [0.2, 0.25) is 0 Å². The van der Waals surface area contributed by atoms with E-state index in [1.165, 1.54) is 0 Å². The molecular formula is C18H31Y3-. The van der Waals surface area contributed by atoms with E-state index in [1.807, 2.05) is 0 Å². The molecule has 2 aliphatic rings. The summed E-state index contributed by atoms with van der Waals surface area (Å²) >= 11 is 0. The minimum atomic E-state index is 0. The Morgan fingerprint density at radius 3 is 1.05 bits per heavy atom. The van der Waals surface area contributed by atoms with Crippen LogP contribution < -0.4 is 0 Å². The van der Waals surface area contributed by atoms with Gasteiger partial charge in [0.25, 0.3) is 0 Å². The number of hydrogen-bond acceptors (Lipinski definition) is 0. The Bertz CT molecular complexity index is 346. The molecule has 0 aromatic heterocycles. The summed E-state index contributed by atoms with van der Waals surface area (Å²) in [5.74, 6) is 4.18. The van der Waals surface area contributed by atoms with E-state index in [-0.39, 0.29) is 98.1 Å². The Kier molecular flexibility index (Phi) is 16.6. The average Bonchev–Trinajstić information content (AvgIpc) is 2.61. The molecule has 0 bridgehead atoms. The minimum Gasteiger partial charge on any atom is -0.346 e. The van der Waals surface area contributed by atoms with Crippen molar-refractivity contribution in [1.82, 2.24) is 0 Å². The smallest absolute Gasteiger partial charge is 0 e. The van der Waals surface area contributed by atoms with Crippen LogP contribution in [0.4, 0.5) is 0 Å². The van der Waals surface area contributed by atoms with Gasteiger partial charge in [-0.15, -0.1) is 0 Å². The summed E-state index contributed by atoms with van der Waals surface area (Å²) in [4.78, 5) is 0. The van der Waals surface area contributed by atoms with Crippen molar-refractivity contribution in [3.63, 3.8) is 0 Å². The van der Waals surface area contributed by atoms with Crippen molar-refractivity contribution in [3.8, 4) is 0 Å². The maximum atomic E-state index is 3.25. The van der Waals surface area contributed by atoms with Crippen LogP contribution in [-0.4, -0.2) is 0 Å². The molecule has 4 atom stereocenters. The largest absolute Gasteiger partial charge is 0.346 e. The normalized spacial score (nSPS) is 33.9. The van der Waals surface area contributed by atoms with Gasteiger partial charge >= 0.3 is 0 Å². The van der Waals surface area contributed by atoms with Crippen LogP contribution in [0.1, 0.15) is 55.4 Å². The van der Waals surface area contributed by atoms with Crippen molar-refractivity contribution < 1.29 is 98.1 Å². The number of hydrogen-bond donors (Lipinski definition) is 0. The number of fused-ring (bicyclic) bond motifs is 1. The summed E-state index contributed by atoms with van der Waals surface area (Å²) in [6.07, 6.45) is 0. The van der Waals surface area contributed by atoms with E-state index < -0.39 is 0 Å². The topological polar surface area (TPSA) is 0 Å². The Balaban J connectivity index is -0.000000621. The fourth-order valence-electron chi connectivity index (χ4n) is 4.21. The second-order valence-electron chi connectivity index (χ2n) is 6.24. The molecule has 2 rings (SSSR count). The third kappa shape index (κ3) is 5.38. The van der Waals surface area contributed by atoms with Gasteiger partial charge in [-0.05, 0) is 68.4 Å². The molecule has 21 heavy (non-hydrogen) atoms. The molecule has 0 N–H and O–H groups in total. The first-order valence-corrected chi connectivity index (χ1v) is 7.43. The molecule has 4 unspecified atom stereocenters. The van der Waals surface area contributed by atoms with Crippen LogP contribution in [0, 0.1) is 36.5 Å². The molecule has 113 valence electrons. The molecule has 0 amide bonds. The summed E-state index contributed by atoms with van der Waals surface area (Å²) in [6.45, 7) is 21.7. The molecule has 0 saturated heterocycles. The fourth-order valence-corrected chi connectivity index (χ4v) is 4.21. The van der Waals surface area contributed by atoms with Crippen LogP contribution in [0.5, 0.6) is 0 Å². The van der Waals surface area contributed by atoms with Gasteiger partial charge < -0.3 is 6.92 Å².